The Morgan fingerprint density at radius 2 is 2.00 bits per heavy atom. The van der Waals surface area contributed by atoms with E-state index in [-0.39, 0.29) is 10.8 Å². The summed E-state index contributed by atoms with van der Waals surface area (Å²) >= 11 is 6.41. The van der Waals surface area contributed by atoms with Crippen molar-refractivity contribution in [2.75, 3.05) is 0 Å². The molecule has 0 spiro atoms. The van der Waals surface area contributed by atoms with Gasteiger partial charge >= 0.3 is 0 Å². The van der Waals surface area contributed by atoms with Crippen molar-refractivity contribution < 1.29 is 13.2 Å². The number of rotatable bonds is 6. The number of sulfonamides is 1. The van der Waals surface area contributed by atoms with E-state index in [2.05, 4.69) is 36.6 Å². The van der Waals surface area contributed by atoms with Crippen molar-refractivity contribution >= 4 is 47.8 Å². The van der Waals surface area contributed by atoms with Gasteiger partial charge in [0.1, 0.15) is 6.04 Å². The molecule has 1 aromatic rings. The third-order valence-electron chi connectivity index (χ3n) is 2.98. The van der Waals surface area contributed by atoms with Crippen molar-refractivity contribution in [2.45, 2.75) is 31.2 Å². The van der Waals surface area contributed by atoms with Gasteiger partial charge in [0.15, 0.2) is 0 Å². The van der Waals surface area contributed by atoms with Crippen LogP contribution in [0.2, 0.25) is 0 Å². The van der Waals surface area contributed by atoms with Crippen LogP contribution < -0.4 is 10.5 Å². The highest BCUT2D eigenvalue weighted by Gasteiger charge is 2.29. The topological polar surface area (TPSA) is 89.3 Å². The van der Waals surface area contributed by atoms with Crippen LogP contribution in [0.1, 0.15) is 20.3 Å². The van der Waals surface area contributed by atoms with Crippen LogP contribution in [-0.2, 0) is 14.8 Å². The van der Waals surface area contributed by atoms with Crippen molar-refractivity contribution in [2.24, 2.45) is 11.7 Å². The van der Waals surface area contributed by atoms with E-state index < -0.39 is 22.0 Å². The van der Waals surface area contributed by atoms with E-state index in [0.29, 0.717) is 15.4 Å². The van der Waals surface area contributed by atoms with Crippen molar-refractivity contribution in [3.05, 3.63) is 27.1 Å². The predicted molar refractivity (Wildman–Crippen MR) is 84.6 cm³/mol. The number of amides is 1. The van der Waals surface area contributed by atoms with E-state index >= 15 is 0 Å². The summed E-state index contributed by atoms with van der Waals surface area (Å²) in [7, 11) is -3.84. The number of primary amides is 1. The van der Waals surface area contributed by atoms with Crippen molar-refractivity contribution in [1.82, 2.24) is 4.72 Å². The van der Waals surface area contributed by atoms with Gasteiger partial charge in [0.05, 0.1) is 4.90 Å². The van der Waals surface area contributed by atoms with Crippen LogP contribution in [-0.4, -0.2) is 20.4 Å². The second-order valence-electron chi connectivity index (χ2n) is 4.46. The lowest BCUT2D eigenvalue weighted by Gasteiger charge is -2.21. The molecule has 8 heteroatoms. The molecule has 3 N–H and O–H groups in total. The van der Waals surface area contributed by atoms with Gasteiger partial charge in [-0.2, -0.15) is 4.72 Å². The van der Waals surface area contributed by atoms with Crippen molar-refractivity contribution in [3.8, 4) is 0 Å². The zero-order chi connectivity index (χ0) is 15.5. The average Bonchev–Trinajstić information content (AvgIpc) is 2.37. The monoisotopic (exact) mass is 426 g/mol. The lowest BCUT2D eigenvalue weighted by atomic mass is 10.00. The molecule has 0 radical (unpaired) electrons. The fraction of sp³-hybridized carbons (Fsp3) is 0.417. The Bertz CT molecular complexity index is 605. The second kappa shape index (κ2) is 7.02. The number of carbonyl (C=O) groups excluding carboxylic acids is 1. The van der Waals surface area contributed by atoms with E-state index in [9.17, 15) is 13.2 Å². The minimum Gasteiger partial charge on any atom is -0.368 e. The summed E-state index contributed by atoms with van der Waals surface area (Å²) in [6.45, 7) is 3.64. The maximum Gasteiger partial charge on any atom is 0.242 e. The Labute approximate surface area is 135 Å². The Kier molecular flexibility index (Phi) is 6.18. The van der Waals surface area contributed by atoms with Gasteiger partial charge in [0, 0.05) is 8.95 Å². The van der Waals surface area contributed by atoms with E-state index in [4.69, 9.17) is 5.73 Å². The van der Waals surface area contributed by atoms with Gasteiger partial charge in [-0.25, -0.2) is 8.42 Å². The number of benzene rings is 1. The fourth-order valence-electron chi connectivity index (χ4n) is 1.60. The molecule has 5 nitrogen and oxygen atoms in total. The number of nitrogens with one attached hydrogen (secondary N) is 1. The quantitative estimate of drug-likeness (QED) is 0.730. The molecule has 0 aliphatic rings. The number of hydrogen-bond donors (Lipinski definition) is 2. The Hall–Kier alpha value is -0.440. The molecule has 0 saturated carbocycles. The molecule has 0 saturated heterocycles. The highest BCUT2D eigenvalue weighted by atomic mass is 79.9. The third-order valence-corrected chi connectivity index (χ3v) is 5.91. The van der Waals surface area contributed by atoms with Crippen LogP contribution in [0.3, 0.4) is 0 Å². The molecule has 0 aromatic heterocycles. The Morgan fingerprint density at radius 1 is 1.40 bits per heavy atom. The van der Waals surface area contributed by atoms with Gasteiger partial charge in [-0.3, -0.25) is 4.79 Å². The summed E-state index contributed by atoms with van der Waals surface area (Å²) in [6.07, 6.45) is 0.635. The number of halogens is 2. The minimum absolute atomic E-state index is 0.0569. The Morgan fingerprint density at radius 3 is 2.50 bits per heavy atom. The fourth-order valence-corrected chi connectivity index (χ4v) is 4.42. The van der Waals surface area contributed by atoms with Crippen LogP contribution in [0.15, 0.2) is 32.0 Å². The molecule has 0 fully saturated rings. The first kappa shape index (κ1) is 17.6. The van der Waals surface area contributed by atoms with Crippen molar-refractivity contribution in [3.63, 3.8) is 0 Å². The summed E-state index contributed by atoms with van der Waals surface area (Å²) in [5.41, 5.74) is 5.28. The van der Waals surface area contributed by atoms with Crippen LogP contribution in [0.25, 0.3) is 0 Å². The molecule has 0 aliphatic heterocycles. The van der Waals surface area contributed by atoms with Crippen LogP contribution >= 0.6 is 31.9 Å². The van der Waals surface area contributed by atoms with E-state index in [1.54, 1.807) is 19.1 Å². The molecule has 1 aromatic carbocycles. The van der Waals surface area contributed by atoms with Gasteiger partial charge in [-0.05, 0) is 40.0 Å². The van der Waals surface area contributed by atoms with Crippen LogP contribution in [0.4, 0.5) is 0 Å². The summed E-state index contributed by atoms with van der Waals surface area (Å²) in [6, 6.07) is 3.85. The lowest BCUT2D eigenvalue weighted by Crippen LogP contribution is -2.48. The smallest absolute Gasteiger partial charge is 0.242 e. The van der Waals surface area contributed by atoms with Gasteiger partial charge < -0.3 is 5.73 Å². The first-order valence-corrected chi connectivity index (χ1v) is 9.02. The third kappa shape index (κ3) is 4.28. The largest absolute Gasteiger partial charge is 0.368 e. The maximum atomic E-state index is 12.4. The first-order chi connectivity index (χ1) is 9.19. The van der Waals surface area contributed by atoms with E-state index in [0.717, 1.165) is 0 Å². The average molecular weight is 428 g/mol. The second-order valence-corrected chi connectivity index (χ2v) is 7.91. The van der Waals surface area contributed by atoms with Crippen LogP contribution in [0, 0.1) is 5.92 Å². The minimum atomic E-state index is -3.84. The standard InChI is InChI=1S/C12H16Br2N2O3S/c1-3-7(2)11(12(15)17)16-20(18,19)10-6-8(13)4-5-9(10)14/h4-7,11,16H,3H2,1-2H3,(H2,15,17). The number of carbonyl (C=O) groups is 1. The molecular weight excluding hydrogens is 412 g/mol. The normalized spacial score (nSPS) is 14.8. The molecule has 0 aliphatic carbocycles. The molecule has 2 unspecified atom stereocenters. The van der Waals surface area contributed by atoms with Gasteiger partial charge in [-0.1, -0.05) is 36.2 Å². The van der Waals surface area contributed by atoms with Crippen molar-refractivity contribution in [1.29, 1.82) is 0 Å². The molecule has 1 amide bonds. The molecule has 0 heterocycles. The van der Waals surface area contributed by atoms with Gasteiger partial charge in [0.2, 0.25) is 15.9 Å². The zero-order valence-electron chi connectivity index (χ0n) is 11.1. The lowest BCUT2D eigenvalue weighted by molar-refractivity contribution is -0.120. The highest BCUT2D eigenvalue weighted by molar-refractivity contribution is 9.11. The van der Waals surface area contributed by atoms with Crippen LogP contribution in [0.5, 0.6) is 0 Å². The van der Waals surface area contributed by atoms with Gasteiger partial charge in [-0.15, -0.1) is 0 Å². The highest BCUT2D eigenvalue weighted by Crippen LogP contribution is 2.26. The predicted octanol–water partition coefficient (Wildman–Crippen LogP) is 2.39. The molecule has 0 bridgehead atoms. The summed E-state index contributed by atoms with van der Waals surface area (Å²) < 4.78 is 28.2. The zero-order valence-corrected chi connectivity index (χ0v) is 15.0. The molecular formula is C12H16Br2N2O3S. The molecule has 2 atom stereocenters. The number of nitrogens with two attached hydrogens (primary N) is 1. The summed E-state index contributed by atoms with van der Waals surface area (Å²) in [5.74, 6) is -0.873. The molecule has 1 rings (SSSR count). The van der Waals surface area contributed by atoms with E-state index in [1.165, 1.54) is 6.07 Å². The first-order valence-electron chi connectivity index (χ1n) is 5.95. The Balaban J connectivity index is 3.16. The summed E-state index contributed by atoms with van der Waals surface area (Å²) in [5, 5.41) is 0. The molecule has 20 heavy (non-hydrogen) atoms. The number of hydrogen-bond acceptors (Lipinski definition) is 3. The summed E-state index contributed by atoms with van der Waals surface area (Å²) in [4.78, 5) is 11.5. The maximum absolute atomic E-state index is 12.4. The van der Waals surface area contributed by atoms with E-state index in [1.807, 2.05) is 6.92 Å². The SMILES string of the molecule is CCC(C)C(NS(=O)(=O)c1cc(Br)ccc1Br)C(N)=O. The van der Waals surface area contributed by atoms with Gasteiger partial charge in [0.25, 0.3) is 0 Å². The molecule has 112 valence electrons.